The lowest BCUT2D eigenvalue weighted by atomic mass is 9.83. The molecule has 0 amide bonds. The number of hydrogen-bond acceptors (Lipinski definition) is 1. The van der Waals surface area contributed by atoms with Crippen LogP contribution in [0.15, 0.2) is 54.6 Å². The molecule has 0 aliphatic rings. The maximum Gasteiger partial charge on any atom is 0.116 e. The highest BCUT2D eigenvalue weighted by Crippen LogP contribution is 2.37. The first-order valence-corrected chi connectivity index (χ1v) is 6.59. The van der Waals surface area contributed by atoms with Gasteiger partial charge in [0.05, 0.1) is 0 Å². The van der Waals surface area contributed by atoms with Gasteiger partial charge in [0.1, 0.15) is 5.60 Å². The molecule has 2 aromatic rings. The first-order valence-electron chi connectivity index (χ1n) is 6.21. The molecular formula is C16H17ClO. The van der Waals surface area contributed by atoms with E-state index >= 15 is 0 Å². The Labute approximate surface area is 113 Å². The number of hydrogen-bond donors (Lipinski definition) is 1. The Morgan fingerprint density at radius 3 is 2.22 bits per heavy atom. The normalized spacial score (nSPS) is 14.2. The Kier molecular flexibility index (Phi) is 4.05. The summed E-state index contributed by atoms with van der Waals surface area (Å²) in [5, 5.41) is 11.7. The summed E-state index contributed by atoms with van der Waals surface area (Å²) in [6.07, 6.45) is 1.54. The Balaban J connectivity index is 2.55. The van der Waals surface area contributed by atoms with Crippen molar-refractivity contribution in [2.45, 2.75) is 25.4 Å². The molecule has 18 heavy (non-hydrogen) atoms. The Bertz CT molecular complexity index is 510. The second-order valence-electron chi connectivity index (χ2n) is 4.46. The van der Waals surface area contributed by atoms with Crippen LogP contribution in [0.25, 0.3) is 0 Å². The molecule has 2 aromatic carbocycles. The fourth-order valence-corrected chi connectivity index (χ4v) is 2.60. The molecule has 1 nitrogen and oxygen atoms in total. The van der Waals surface area contributed by atoms with Gasteiger partial charge in [-0.05, 0) is 18.1 Å². The van der Waals surface area contributed by atoms with Gasteiger partial charge in [0, 0.05) is 10.6 Å². The zero-order valence-corrected chi connectivity index (χ0v) is 11.2. The van der Waals surface area contributed by atoms with Crippen LogP contribution >= 0.6 is 11.6 Å². The molecule has 0 heterocycles. The van der Waals surface area contributed by atoms with Gasteiger partial charge in [-0.1, -0.05) is 73.5 Å². The largest absolute Gasteiger partial charge is 0.380 e. The summed E-state index contributed by atoms with van der Waals surface area (Å²) in [5.74, 6) is 0. The van der Waals surface area contributed by atoms with Gasteiger partial charge in [0.25, 0.3) is 0 Å². The lowest BCUT2D eigenvalue weighted by Crippen LogP contribution is -2.27. The minimum Gasteiger partial charge on any atom is -0.380 e. The van der Waals surface area contributed by atoms with Crippen LogP contribution in [0, 0.1) is 0 Å². The molecule has 0 radical (unpaired) electrons. The number of rotatable bonds is 4. The lowest BCUT2D eigenvalue weighted by molar-refractivity contribution is 0.0703. The average molecular weight is 261 g/mol. The van der Waals surface area contributed by atoms with E-state index in [9.17, 15) is 5.11 Å². The molecule has 94 valence electrons. The summed E-state index contributed by atoms with van der Waals surface area (Å²) in [6.45, 7) is 2.06. The minimum absolute atomic E-state index is 0.609. The number of halogens is 1. The topological polar surface area (TPSA) is 20.2 Å². The Morgan fingerprint density at radius 1 is 1.00 bits per heavy atom. The smallest absolute Gasteiger partial charge is 0.116 e. The summed E-state index contributed by atoms with van der Waals surface area (Å²) < 4.78 is 0. The van der Waals surface area contributed by atoms with Gasteiger partial charge < -0.3 is 5.11 Å². The van der Waals surface area contributed by atoms with E-state index < -0.39 is 5.60 Å². The van der Waals surface area contributed by atoms with Crippen molar-refractivity contribution in [3.05, 3.63) is 70.7 Å². The van der Waals surface area contributed by atoms with E-state index in [0.717, 1.165) is 17.5 Å². The Hall–Kier alpha value is -1.31. The highest BCUT2D eigenvalue weighted by Gasteiger charge is 2.32. The van der Waals surface area contributed by atoms with Crippen molar-refractivity contribution < 1.29 is 5.11 Å². The van der Waals surface area contributed by atoms with Crippen LogP contribution in [-0.4, -0.2) is 5.11 Å². The predicted molar refractivity (Wildman–Crippen MR) is 75.8 cm³/mol. The zero-order chi connectivity index (χ0) is 13.0. The molecule has 0 fully saturated rings. The molecular weight excluding hydrogens is 244 g/mol. The summed E-state index contributed by atoms with van der Waals surface area (Å²) in [7, 11) is 0. The standard InChI is InChI=1S/C16H17ClO/c1-2-12-16(18,13-8-4-3-5-9-13)14-10-6-7-11-15(14)17/h3-11,18H,2,12H2,1H3. The molecule has 2 rings (SSSR count). The first-order chi connectivity index (χ1) is 8.68. The summed E-state index contributed by atoms with van der Waals surface area (Å²) >= 11 is 6.23. The fraction of sp³-hybridized carbons (Fsp3) is 0.250. The van der Waals surface area contributed by atoms with E-state index in [1.807, 2.05) is 54.6 Å². The predicted octanol–water partition coefficient (Wildman–Crippen LogP) is 4.38. The van der Waals surface area contributed by atoms with Crippen LogP contribution in [-0.2, 0) is 5.60 Å². The second kappa shape index (κ2) is 5.55. The third kappa shape index (κ3) is 2.43. The first kappa shape index (κ1) is 13.1. The van der Waals surface area contributed by atoms with Gasteiger partial charge in [-0.2, -0.15) is 0 Å². The quantitative estimate of drug-likeness (QED) is 0.865. The molecule has 1 N–H and O–H groups in total. The molecule has 0 bridgehead atoms. The maximum absolute atomic E-state index is 11.1. The van der Waals surface area contributed by atoms with Crippen molar-refractivity contribution in [2.75, 3.05) is 0 Å². The number of benzene rings is 2. The van der Waals surface area contributed by atoms with E-state index in [-0.39, 0.29) is 0 Å². The van der Waals surface area contributed by atoms with E-state index in [4.69, 9.17) is 11.6 Å². The van der Waals surface area contributed by atoms with Crippen LogP contribution in [0.4, 0.5) is 0 Å². The molecule has 0 aromatic heterocycles. The van der Waals surface area contributed by atoms with Crippen molar-refractivity contribution in [1.29, 1.82) is 0 Å². The van der Waals surface area contributed by atoms with Gasteiger partial charge in [-0.25, -0.2) is 0 Å². The van der Waals surface area contributed by atoms with Crippen molar-refractivity contribution in [2.24, 2.45) is 0 Å². The van der Waals surface area contributed by atoms with Gasteiger partial charge in [0.15, 0.2) is 0 Å². The zero-order valence-electron chi connectivity index (χ0n) is 10.4. The minimum atomic E-state index is -1.01. The van der Waals surface area contributed by atoms with E-state index in [2.05, 4.69) is 6.92 Å². The third-order valence-electron chi connectivity index (χ3n) is 3.18. The van der Waals surface area contributed by atoms with Crippen molar-refractivity contribution in [3.8, 4) is 0 Å². The lowest BCUT2D eigenvalue weighted by Gasteiger charge is -2.30. The summed E-state index contributed by atoms with van der Waals surface area (Å²) in [6, 6.07) is 17.2. The van der Waals surface area contributed by atoms with E-state index in [0.29, 0.717) is 11.4 Å². The van der Waals surface area contributed by atoms with Crippen LogP contribution in [0.5, 0.6) is 0 Å². The van der Waals surface area contributed by atoms with E-state index in [1.54, 1.807) is 0 Å². The molecule has 0 spiro atoms. The van der Waals surface area contributed by atoms with Crippen molar-refractivity contribution in [1.82, 2.24) is 0 Å². The molecule has 0 saturated heterocycles. The SMILES string of the molecule is CCCC(O)(c1ccccc1)c1ccccc1Cl. The molecule has 0 aliphatic heterocycles. The third-order valence-corrected chi connectivity index (χ3v) is 3.51. The molecule has 0 saturated carbocycles. The van der Waals surface area contributed by atoms with Crippen molar-refractivity contribution >= 4 is 11.6 Å². The van der Waals surface area contributed by atoms with Gasteiger partial charge in [-0.3, -0.25) is 0 Å². The monoisotopic (exact) mass is 260 g/mol. The van der Waals surface area contributed by atoms with Gasteiger partial charge in [-0.15, -0.1) is 0 Å². The average Bonchev–Trinajstić information content (AvgIpc) is 2.40. The van der Waals surface area contributed by atoms with Gasteiger partial charge >= 0.3 is 0 Å². The van der Waals surface area contributed by atoms with Gasteiger partial charge in [0.2, 0.25) is 0 Å². The summed E-state index contributed by atoms with van der Waals surface area (Å²) in [5.41, 5.74) is 0.661. The molecule has 1 unspecified atom stereocenters. The van der Waals surface area contributed by atoms with E-state index in [1.165, 1.54) is 0 Å². The van der Waals surface area contributed by atoms with Crippen molar-refractivity contribution in [3.63, 3.8) is 0 Å². The highest BCUT2D eigenvalue weighted by atomic mass is 35.5. The summed E-state index contributed by atoms with van der Waals surface area (Å²) in [4.78, 5) is 0. The second-order valence-corrected chi connectivity index (χ2v) is 4.86. The van der Waals surface area contributed by atoms with Crippen LogP contribution in [0.3, 0.4) is 0 Å². The fourth-order valence-electron chi connectivity index (χ4n) is 2.31. The van der Waals surface area contributed by atoms with Crippen LogP contribution in [0.1, 0.15) is 30.9 Å². The number of aliphatic hydroxyl groups is 1. The maximum atomic E-state index is 11.1. The molecule has 0 aliphatic carbocycles. The molecule has 1 atom stereocenters. The Morgan fingerprint density at radius 2 is 1.61 bits per heavy atom. The molecule has 2 heteroatoms. The highest BCUT2D eigenvalue weighted by molar-refractivity contribution is 6.31. The van der Waals surface area contributed by atoms with Crippen LogP contribution < -0.4 is 0 Å². The van der Waals surface area contributed by atoms with Crippen LogP contribution in [0.2, 0.25) is 5.02 Å².